The minimum absolute atomic E-state index is 0.0400. The number of carbonyl (C=O) groups excluding carboxylic acids is 1. The lowest BCUT2D eigenvalue weighted by Crippen LogP contribution is -2.49. The van der Waals surface area contributed by atoms with E-state index in [0.29, 0.717) is 73.2 Å². The van der Waals surface area contributed by atoms with Crippen LogP contribution in [-0.2, 0) is 4.74 Å². The second kappa shape index (κ2) is 9.96. The fraction of sp³-hybridized carbons (Fsp3) is 0.400. The summed E-state index contributed by atoms with van der Waals surface area (Å²) in [7, 11) is 0. The highest BCUT2D eigenvalue weighted by Gasteiger charge is 2.25. The fourth-order valence-corrected chi connectivity index (χ4v) is 3.56. The Bertz CT molecular complexity index is 811. The van der Waals surface area contributed by atoms with E-state index < -0.39 is 0 Å². The van der Waals surface area contributed by atoms with Gasteiger partial charge in [-0.3, -0.25) is 4.79 Å². The van der Waals surface area contributed by atoms with E-state index in [-0.39, 0.29) is 5.91 Å². The smallest absolute Gasteiger partial charge is 0.257 e. The Morgan fingerprint density at radius 3 is 2.61 bits per heavy atom. The second-order valence-corrected chi connectivity index (χ2v) is 7.12. The number of benzene rings is 1. The standard InChI is InChI=1S/C20H23Cl2N3O3/c1-2-27-11-12-28-18-6-4-3-5-16(18)20(26)25-9-7-24(8-10-25)19-17(22)13-15(21)14-23-19/h3-6,13-14H,2,7-12H2,1H3. The van der Waals surface area contributed by atoms with Gasteiger partial charge >= 0.3 is 0 Å². The predicted molar refractivity (Wildman–Crippen MR) is 111 cm³/mol. The molecule has 28 heavy (non-hydrogen) atoms. The van der Waals surface area contributed by atoms with E-state index in [2.05, 4.69) is 9.88 Å². The van der Waals surface area contributed by atoms with Gasteiger partial charge in [0.05, 0.1) is 22.2 Å². The number of hydrogen-bond donors (Lipinski definition) is 0. The molecule has 6 nitrogen and oxygen atoms in total. The molecule has 2 heterocycles. The molecule has 1 aliphatic heterocycles. The van der Waals surface area contributed by atoms with Gasteiger partial charge in [-0.2, -0.15) is 0 Å². The number of piperazine rings is 1. The van der Waals surface area contributed by atoms with Crippen molar-refractivity contribution in [2.45, 2.75) is 6.92 Å². The number of carbonyl (C=O) groups is 1. The van der Waals surface area contributed by atoms with Crippen molar-refractivity contribution in [3.05, 3.63) is 52.1 Å². The first-order valence-corrected chi connectivity index (χ1v) is 10.0. The van der Waals surface area contributed by atoms with Gasteiger partial charge in [0.15, 0.2) is 0 Å². The van der Waals surface area contributed by atoms with Gasteiger partial charge in [0, 0.05) is 39.0 Å². The zero-order chi connectivity index (χ0) is 19.9. The van der Waals surface area contributed by atoms with Crippen molar-refractivity contribution >= 4 is 34.9 Å². The van der Waals surface area contributed by atoms with Crippen LogP contribution in [0.1, 0.15) is 17.3 Å². The Hall–Kier alpha value is -2.02. The van der Waals surface area contributed by atoms with Crippen LogP contribution >= 0.6 is 23.2 Å². The molecule has 0 bridgehead atoms. The van der Waals surface area contributed by atoms with E-state index in [1.54, 1.807) is 18.3 Å². The summed E-state index contributed by atoms with van der Waals surface area (Å²) in [6.07, 6.45) is 1.58. The minimum Gasteiger partial charge on any atom is -0.490 e. The number of anilines is 1. The van der Waals surface area contributed by atoms with Gasteiger partial charge in [0.2, 0.25) is 0 Å². The number of nitrogens with zero attached hydrogens (tertiary/aromatic N) is 3. The van der Waals surface area contributed by atoms with Crippen molar-refractivity contribution in [2.75, 3.05) is 50.9 Å². The molecular formula is C20H23Cl2N3O3. The number of aromatic nitrogens is 1. The Morgan fingerprint density at radius 1 is 1.14 bits per heavy atom. The van der Waals surface area contributed by atoms with Crippen LogP contribution in [0.3, 0.4) is 0 Å². The largest absolute Gasteiger partial charge is 0.490 e. The number of para-hydroxylation sites is 1. The molecule has 1 aromatic carbocycles. The van der Waals surface area contributed by atoms with E-state index in [1.165, 1.54) is 0 Å². The zero-order valence-corrected chi connectivity index (χ0v) is 17.2. The summed E-state index contributed by atoms with van der Waals surface area (Å²) in [4.78, 5) is 21.2. The molecule has 1 amide bonds. The highest BCUT2D eigenvalue weighted by atomic mass is 35.5. The SMILES string of the molecule is CCOCCOc1ccccc1C(=O)N1CCN(c2ncc(Cl)cc2Cl)CC1. The number of ether oxygens (including phenoxy) is 2. The van der Waals surface area contributed by atoms with Crippen LogP contribution in [0.5, 0.6) is 5.75 Å². The average molecular weight is 424 g/mol. The number of pyridine rings is 1. The van der Waals surface area contributed by atoms with Gasteiger partial charge < -0.3 is 19.3 Å². The number of rotatable bonds is 7. The lowest BCUT2D eigenvalue weighted by atomic mass is 10.1. The maximum atomic E-state index is 13.0. The molecule has 0 unspecified atom stereocenters. The lowest BCUT2D eigenvalue weighted by Gasteiger charge is -2.36. The van der Waals surface area contributed by atoms with Gasteiger partial charge in [-0.05, 0) is 25.1 Å². The summed E-state index contributed by atoms with van der Waals surface area (Å²) < 4.78 is 11.0. The molecule has 0 atom stereocenters. The van der Waals surface area contributed by atoms with Gasteiger partial charge in [-0.25, -0.2) is 4.98 Å². The van der Waals surface area contributed by atoms with Gasteiger partial charge in [-0.1, -0.05) is 35.3 Å². The molecule has 0 spiro atoms. The minimum atomic E-state index is -0.0400. The van der Waals surface area contributed by atoms with Crippen LogP contribution in [0.4, 0.5) is 5.82 Å². The van der Waals surface area contributed by atoms with E-state index in [9.17, 15) is 4.79 Å². The molecule has 3 rings (SSSR count). The third-order valence-corrected chi connectivity index (χ3v) is 4.95. The van der Waals surface area contributed by atoms with Crippen LogP contribution in [0.2, 0.25) is 10.0 Å². The summed E-state index contributed by atoms with van der Waals surface area (Å²) in [6, 6.07) is 8.99. The van der Waals surface area contributed by atoms with Crippen molar-refractivity contribution in [1.82, 2.24) is 9.88 Å². The maximum Gasteiger partial charge on any atom is 0.257 e. The zero-order valence-electron chi connectivity index (χ0n) is 15.7. The van der Waals surface area contributed by atoms with Gasteiger partial charge in [0.25, 0.3) is 5.91 Å². The summed E-state index contributed by atoms with van der Waals surface area (Å²) in [5.41, 5.74) is 0.565. The monoisotopic (exact) mass is 423 g/mol. The Morgan fingerprint density at radius 2 is 1.89 bits per heavy atom. The molecule has 1 aromatic heterocycles. The molecule has 150 valence electrons. The van der Waals surface area contributed by atoms with E-state index in [0.717, 1.165) is 0 Å². The number of hydrogen-bond acceptors (Lipinski definition) is 5. The molecule has 1 aliphatic rings. The summed E-state index contributed by atoms with van der Waals surface area (Å²) in [6.45, 7) is 5.92. The van der Waals surface area contributed by atoms with Crippen LogP contribution in [0, 0.1) is 0 Å². The van der Waals surface area contributed by atoms with E-state index in [4.69, 9.17) is 32.7 Å². The van der Waals surface area contributed by atoms with Gasteiger partial charge in [-0.15, -0.1) is 0 Å². The number of halogens is 2. The maximum absolute atomic E-state index is 13.0. The molecule has 8 heteroatoms. The predicted octanol–water partition coefficient (Wildman–Crippen LogP) is 3.77. The molecule has 0 radical (unpaired) electrons. The summed E-state index contributed by atoms with van der Waals surface area (Å²) in [5.74, 6) is 1.23. The fourth-order valence-electron chi connectivity index (χ4n) is 3.06. The number of amides is 1. The first-order valence-electron chi connectivity index (χ1n) is 9.25. The molecule has 1 saturated heterocycles. The molecule has 2 aromatic rings. The highest BCUT2D eigenvalue weighted by molar-refractivity contribution is 6.36. The highest BCUT2D eigenvalue weighted by Crippen LogP contribution is 2.27. The van der Waals surface area contributed by atoms with Crippen LogP contribution < -0.4 is 9.64 Å². The molecule has 1 fully saturated rings. The third-order valence-electron chi connectivity index (χ3n) is 4.46. The third kappa shape index (κ3) is 5.07. The van der Waals surface area contributed by atoms with E-state index in [1.807, 2.05) is 30.0 Å². The Labute approximate surface area is 175 Å². The second-order valence-electron chi connectivity index (χ2n) is 6.28. The van der Waals surface area contributed by atoms with Crippen molar-refractivity contribution in [1.29, 1.82) is 0 Å². The van der Waals surface area contributed by atoms with Crippen LogP contribution in [0.25, 0.3) is 0 Å². The first kappa shape index (κ1) is 20.7. The van der Waals surface area contributed by atoms with Crippen molar-refractivity contribution < 1.29 is 14.3 Å². The van der Waals surface area contributed by atoms with Crippen LogP contribution in [0.15, 0.2) is 36.5 Å². The summed E-state index contributed by atoms with van der Waals surface area (Å²) in [5, 5.41) is 1.02. The summed E-state index contributed by atoms with van der Waals surface area (Å²) >= 11 is 12.2. The lowest BCUT2D eigenvalue weighted by molar-refractivity contribution is 0.0736. The van der Waals surface area contributed by atoms with Crippen molar-refractivity contribution in [2.24, 2.45) is 0 Å². The van der Waals surface area contributed by atoms with Gasteiger partial charge in [0.1, 0.15) is 18.2 Å². The quantitative estimate of drug-likeness (QED) is 0.634. The topological polar surface area (TPSA) is 54.9 Å². The molecule has 0 N–H and O–H groups in total. The Balaban J connectivity index is 1.62. The molecule has 0 saturated carbocycles. The Kier molecular flexibility index (Phi) is 7.36. The van der Waals surface area contributed by atoms with Crippen molar-refractivity contribution in [3.63, 3.8) is 0 Å². The first-order chi connectivity index (χ1) is 13.6. The van der Waals surface area contributed by atoms with E-state index >= 15 is 0 Å². The molecule has 0 aliphatic carbocycles. The average Bonchev–Trinajstić information content (AvgIpc) is 2.71. The molecular weight excluding hydrogens is 401 g/mol. The normalized spacial score (nSPS) is 14.2. The van der Waals surface area contributed by atoms with Crippen LogP contribution in [-0.4, -0.2) is 61.8 Å². The van der Waals surface area contributed by atoms with Crippen molar-refractivity contribution in [3.8, 4) is 5.75 Å².